The van der Waals surface area contributed by atoms with Gasteiger partial charge in [0.2, 0.25) is 0 Å². The third-order valence-electron chi connectivity index (χ3n) is 3.77. The summed E-state index contributed by atoms with van der Waals surface area (Å²) in [6, 6.07) is 0. The normalized spacial score (nSPS) is 68.3. The molecule has 4 saturated carbocycles. The van der Waals surface area contributed by atoms with E-state index in [4.69, 9.17) is 14.0 Å². The Labute approximate surface area is 75.6 Å². The van der Waals surface area contributed by atoms with Gasteiger partial charge in [0.1, 0.15) is 0 Å². The van der Waals surface area contributed by atoms with E-state index in [1.54, 1.807) is 0 Å². The van der Waals surface area contributed by atoms with Crippen LogP contribution in [0.5, 0.6) is 0 Å². The topological polar surface area (TPSA) is 0 Å². The van der Waals surface area contributed by atoms with E-state index in [0.29, 0.717) is 16.6 Å². The average molecular weight is 169 g/mol. The van der Waals surface area contributed by atoms with E-state index >= 15 is 0 Å². The summed E-state index contributed by atoms with van der Waals surface area (Å²) in [4.78, 5) is 0. The van der Waals surface area contributed by atoms with Crippen LogP contribution in [0, 0.1) is 17.8 Å². The summed E-state index contributed by atoms with van der Waals surface area (Å²) in [7, 11) is 0. The Kier molecular flexibility index (Phi) is 1.07. The minimum absolute atomic E-state index is 0.266. The van der Waals surface area contributed by atoms with Crippen LogP contribution in [-0.4, -0.2) is 4.75 Å². The lowest BCUT2D eigenvalue weighted by Gasteiger charge is -2.54. The van der Waals surface area contributed by atoms with Crippen molar-refractivity contribution in [1.29, 1.82) is 0 Å². The van der Waals surface area contributed by atoms with Gasteiger partial charge in [0.15, 0.2) is 0 Å². The van der Waals surface area contributed by atoms with Crippen molar-refractivity contribution in [3.05, 3.63) is 0 Å². The van der Waals surface area contributed by atoms with Crippen LogP contribution >= 0.6 is 12.6 Å². The fraction of sp³-hybridized carbons (Fsp3) is 1.00. The van der Waals surface area contributed by atoms with Crippen LogP contribution in [0.2, 0.25) is 0 Å². The summed E-state index contributed by atoms with van der Waals surface area (Å²) in [5.41, 5.74) is 0. The average Bonchev–Trinajstić information content (AvgIpc) is 1.96. The molecular weight excluding hydrogens is 152 g/mol. The fourth-order valence-corrected chi connectivity index (χ4v) is 4.45. The molecule has 62 valence electrons. The second kappa shape index (κ2) is 1.99. The number of hydrogen-bond acceptors (Lipinski definition) is 1. The van der Waals surface area contributed by atoms with Crippen molar-refractivity contribution in [2.24, 2.45) is 17.8 Å². The molecule has 0 radical (unpaired) electrons. The molecule has 0 saturated heterocycles. The van der Waals surface area contributed by atoms with E-state index in [1.807, 2.05) is 0 Å². The maximum Gasteiger partial charge on any atom is 0.0272 e. The van der Waals surface area contributed by atoms with Gasteiger partial charge in [0.25, 0.3) is 0 Å². The Morgan fingerprint density at radius 2 is 1.64 bits per heavy atom. The van der Waals surface area contributed by atoms with Gasteiger partial charge in [-0.25, -0.2) is 0 Å². The molecule has 4 bridgehead atoms. The zero-order valence-electron chi connectivity index (χ0n) is 7.79. The second-order valence-corrected chi connectivity index (χ2v) is 5.84. The molecule has 2 unspecified atom stereocenters. The molecule has 0 amide bonds. The molecule has 0 heterocycles. The van der Waals surface area contributed by atoms with Gasteiger partial charge in [-0.1, -0.05) is 0 Å². The molecule has 0 aromatic rings. The molecule has 0 aromatic heterocycles. The summed E-state index contributed by atoms with van der Waals surface area (Å²) >= 11 is 4.81. The molecule has 0 spiro atoms. The number of thiol groups is 1. The molecule has 0 aliphatic heterocycles. The van der Waals surface area contributed by atoms with E-state index in [9.17, 15) is 0 Å². The molecule has 11 heavy (non-hydrogen) atoms. The highest BCUT2D eigenvalue weighted by atomic mass is 32.1. The van der Waals surface area contributed by atoms with E-state index in [1.165, 1.54) is 32.1 Å². The van der Waals surface area contributed by atoms with Crippen molar-refractivity contribution in [3.8, 4) is 0 Å². The first-order valence-electron chi connectivity index (χ1n) is 5.39. The zero-order valence-corrected chi connectivity index (χ0v) is 7.69. The molecule has 4 rings (SSSR count). The molecule has 0 N–H and O–H groups in total. The molecule has 0 nitrogen and oxygen atoms in total. The minimum atomic E-state index is 0.266. The van der Waals surface area contributed by atoms with Crippen LogP contribution in [0.15, 0.2) is 0 Å². The van der Waals surface area contributed by atoms with E-state index in [2.05, 4.69) is 0 Å². The van der Waals surface area contributed by atoms with Gasteiger partial charge in [-0.15, -0.1) is 0 Å². The van der Waals surface area contributed by atoms with Crippen molar-refractivity contribution < 1.29 is 1.37 Å². The van der Waals surface area contributed by atoms with E-state index < -0.39 is 0 Å². The molecule has 4 aliphatic rings. The smallest absolute Gasteiger partial charge is 0.0272 e. The van der Waals surface area contributed by atoms with Crippen molar-refractivity contribution in [2.75, 3.05) is 0 Å². The molecule has 2 atom stereocenters. The SMILES string of the molecule is [2H]C1C2CC3CC1CC(S)(C3)C2. The van der Waals surface area contributed by atoms with Gasteiger partial charge < -0.3 is 0 Å². The van der Waals surface area contributed by atoms with Gasteiger partial charge >= 0.3 is 0 Å². The lowest BCUT2D eigenvalue weighted by atomic mass is 9.56. The summed E-state index contributed by atoms with van der Waals surface area (Å²) in [6.07, 6.45) is 6.76. The standard InChI is InChI=1S/C10H16S/c11-10-4-7-1-8(5-10)3-9(2-7)6-10/h7-9,11H,1-6H2/i1D. The highest BCUT2D eigenvalue weighted by Gasteiger charge is 2.48. The van der Waals surface area contributed by atoms with Crippen molar-refractivity contribution in [2.45, 2.75) is 43.2 Å². The summed E-state index contributed by atoms with van der Waals surface area (Å²) in [5, 5.41) is 0. The monoisotopic (exact) mass is 169 g/mol. The first-order chi connectivity index (χ1) is 5.66. The highest BCUT2D eigenvalue weighted by molar-refractivity contribution is 7.81. The minimum Gasteiger partial charge on any atom is -0.172 e. The molecule has 0 aromatic carbocycles. The maximum absolute atomic E-state index is 8.05. The second-order valence-electron chi connectivity index (χ2n) is 4.89. The highest BCUT2D eigenvalue weighted by Crippen LogP contribution is 2.57. The Balaban J connectivity index is 1.95. The van der Waals surface area contributed by atoms with Gasteiger partial charge in [0.05, 0.1) is 0 Å². The van der Waals surface area contributed by atoms with Gasteiger partial charge in [-0.2, -0.15) is 12.6 Å². The molecule has 4 aliphatic carbocycles. The van der Waals surface area contributed by atoms with Crippen LogP contribution in [0.3, 0.4) is 0 Å². The van der Waals surface area contributed by atoms with Crippen LogP contribution in [0.25, 0.3) is 0 Å². The third-order valence-corrected chi connectivity index (χ3v) is 4.32. The Morgan fingerprint density at radius 3 is 2.18 bits per heavy atom. The lowest BCUT2D eigenvalue weighted by molar-refractivity contribution is 0.0392. The van der Waals surface area contributed by atoms with Crippen molar-refractivity contribution >= 4 is 12.6 Å². The number of rotatable bonds is 0. The summed E-state index contributed by atoms with van der Waals surface area (Å²) in [5.74, 6) is 2.34. The Hall–Kier alpha value is 0.350. The molecule has 1 heteroatoms. The molecule has 4 fully saturated rings. The zero-order chi connectivity index (χ0) is 8.34. The van der Waals surface area contributed by atoms with Crippen LogP contribution in [0.1, 0.15) is 39.9 Å². The predicted octanol–water partition coefficient (Wildman–Crippen LogP) is 2.89. The molecular formula is C10H16S. The van der Waals surface area contributed by atoms with Crippen molar-refractivity contribution in [1.82, 2.24) is 0 Å². The fourth-order valence-electron chi connectivity index (χ4n) is 3.73. The third kappa shape index (κ3) is 0.965. The first-order valence-corrected chi connectivity index (χ1v) is 5.26. The summed E-state index contributed by atoms with van der Waals surface area (Å²) < 4.78 is 8.40. The van der Waals surface area contributed by atoms with E-state index in [-0.39, 0.29) is 6.40 Å². The predicted molar refractivity (Wildman–Crippen MR) is 49.9 cm³/mol. The Bertz CT molecular complexity index is 200. The van der Waals surface area contributed by atoms with Crippen LogP contribution in [-0.2, 0) is 0 Å². The largest absolute Gasteiger partial charge is 0.172 e. The van der Waals surface area contributed by atoms with Crippen molar-refractivity contribution in [3.63, 3.8) is 0 Å². The lowest BCUT2D eigenvalue weighted by Crippen LogP contribution is -2.47. The van der Waals surface area contributed by atoms with E-state index in [0.717, 1.165) is 5.92 Å². The quantitative estimate of drug-likeness (QED) is 0.530. The van der Waals surface area contributed by atoms with Crippen LogP contribution in [0.4, 0.5) is 0 Å². The van der Waals surface area contributed by atoms with Gasteiger partial charge in [-0.05, 0) is 56.3 Å². The number of hydrogen-bond donors (Lipinski definition) is 1. The van der Waals surface area contributed by atoms with Crippen LogP contribution < -0.4 is 0 Å². The first kappa shape index (κ1) is 5.90. The Morgan fingerprint density at radius 1 is 1.09 bits per heavy atom. The summed E-state index contributed by atoms with van der Waals surface area (Å²) in [6.45, 7) is 0. The maximum atomic E-state index is 8.05. The van der Waals surface area contributed by atoms with Gasteiger partial charge in [-0.3, -0.25) is 0 Å². The van der Waals surface area contributed by atoms with Gasteiger partial charge in [0, 0.05) is 6.12 Å².